The van der Waals surface area contributed by atoms with Crippen molar-refractivity contribution in [2.75, 3.05) is 45.7 Å². The van der Waals surface area contributed by atoms with E-state index < -0.39 is 10.0 Å². The highest BCUT2D eigenvalue weighted by molar-refractivity contribution is 7.89. The van der Waals surface area contributed by atoms with Crippen molar-refractivity contribution >= 4 is 21.6 Å². The van der Waals surface area contributed by atoms with E-state index in [1.165, 1.54) is 16.4 Å². The Bertz CT molecular complexity index is 921. The largest absolute Gasteiger partial charge is 0.496 e. The SMILES string of the molecule is COc1ccccc1CC(=O)Nc1ccc(S(=O)(=O)N2CCN(C)CC2)cc1. The van der Waals surface area contributed by atoms with E-state index in [-0.39, 0.29) is 17.2 Å². The summed E-state index contributed by atoms with van der Waals surface area (Å²) in [6.45, 7) is 2.40. The molecule has 0 radical (unpaired) electrons. The number of piperazine rings is 1. The summed E-state index contributed by atoms with van der Waals surface area (Å²) in [6, 6.07) is 13.6. The molecule has 1 aliphatic rings. The van der Waals surface area contributed by atoms with Gasteiger partial charge in [-0.15, -0.1) is 0 Å². The Morgan fingerprint density at radius 1 is 1.04 bits per heavy atom. The summed E-state index contributed by atoms with van der Waals surface area (Å²) in [5, 5.41) is 2.80. The number of sulfonamides is 1. The van der Waals surface area contributed by atoms with Gasteiger partial charge in [0.15, 0.2) is 0 Å². The number of nitrogens with one attached hydrogen (secondary N) is 1. The van der Waals surface area contributed by atoms with Crippen molar-refractivity contribution in [3.8, 4) is 5.75 Å². The zero-order valence-electron chi connectivity index (χ0n) is 16.1. The molecule has 0 bridgehead atoms. The molecule has 0 aromatic heterocycles. The van der Waals surface area contributed by atoms with Crippen molar-refractivity contribution in [2.45, 2.75) is 11.3 Å². The molecule has 1 saturated heterocycles. The zero-order chi connectivity index (χ0) is 20.1. The third kappa shape index (κ3) is 4.70. The molecule has 0 atom stereocenters. The monoisotopic (exact) mass is 403 g/mol. The second-order valence-corrected chi connectivity index (χ2v) is 8.71. The van der Waals surface area contributed by atoms with Crippen LogP contribution in [0.2, 0.25) is 0 Å². The lowest BCUT2D eigenvalue weighted by Crippen LogP contribution is -2.46. The number of rotatable bonds is 6. The molecule has 1 heterocycles. The van der Waals surface area contributed by atoms with Crippen LogP contribution in [-0.4, -0.2) is 63.9 Å². The number of nitrogens with zero attached hydrogens (tertiary/aromatic N) is 2. The summed E-state index contributed by atoms with van der Waals surface area (Å²) >= 11 is 0. The summed E-state index contributed by atoms with van der Waals surface area (Å²) in [5.74, 6) is 0.463. The van der Waals surface area contributed by atoms with Gasteiger partial charge in [0.25, 0.3) is 0 Å². The molecule has 1 amide bonds. The Hall–Kier alpha value is -2.42. The van der Waals surface area contributed by atoms with Gasteiger partial charge in [-0.05, 0) is 37.4 Å². The minimum absolute atomic E-state index is 0.172. The topological polar surface area (TPSA) is 78.9 Å². The molecular weight excluding hydrogens is 378 g/mol. The number of benzene rings is 2. The fourth-order valence-electron chi connectivity index (χ4n) is 3.11. The maximum atomic E-state index is 12.7. The molecular formula is C20H25N3O4S. The lowest BCUT2D eigenvalue weighted by atomic mass is 10.1. The number of amides is 1. The van der Waals surface area contributed by atoms with Gasteiger partial charge in [-0.25, -0.2) is 8.42 Å². The van der Waals surface area contributed by atoms with E-state index in [0.717, 1.165) is 18.7 Å². The second kappa shape index (κ2) is 8.72. The number of para-hydroxylation sites is 1. The third-order valence-corrected chi connectivity index (χ3v) is 6.69. The van der Waals surface area contributed by atoms with Gasteiger partial charge in [-0.2, -0.15) is 4.31 Å². The predicted octanol–water partition coefficient (Wildman–Crippen LogP) is 1.81. The van der Waals surface area contributed by atoms with Gasteiger partial charge in [0.2, 0.25) is 15.9 Å². The van der Waals surface area contributed by atoms with E-state index in [4.69, 9.17) is 4.74 Å². The van der Waals surface area contributed by atoms with Crippen LogP contribution in [0.5, 0.6) is 5.75 Å². The number of likely N-dealkylation sites (N-methyl/N-ethyl adjacent to an activating group) is 1. The number of anilines is 1. The first-order valence-corrected chi connectivity index (χ1v) is 10.5. The molecule has 1 N–H and O–H groups in total. The molecule has 0 unspecified atom stereocenters. The van der Waals surface area contributed by atoms with Crippen LogP contribution in [0.15, 0.2) is 53.4 Å². The average molecular weight is 404 g/mol. The van der Waals surface area contributed by atoms with Crippen molar-refractivity contribution in [1.82, 2.24) is 9.21 Å². The molecule has 7 nitrogen and oxygen atoms in total. The molecule has 1 aliphatic heterocycles. The fourth-order valence-corrected chi connectivity index (χ4v) is 4.54. The number of carbonyl (C=O) groups is 1. The Balaban J connectivity index is 1.65. The molecule has 2 aromatic rings. The van der Waals surface area contributed by atoms with E-state index in [2.05, 4.69) is 10.2 Å². The lowest BCUT2D eigenvalue weighted by molar-refractivity contribution is -0.115. The van der Waals surface area contributed by atoms with Crippen LogP contribution in [0.1, 0.15) is 5.56 Å². The van der Waals surface area contributed by atoms with Gasteiger partial charge in [0, 0.05) is 37.4 Å². The number of methoxy groups -OCH3 is 1. The fraction of sp³-hybridized carbons (Fsp3) is 0.350. The number of carbonyl (C=O) groups excluding carboxylic acids is 1. The molecule has 2 aromatic carbocycles. The summed E-state index contributed by atoms with van der Waals surface area (Å²) in [4.78, 5) is 14.7. The highest BCUT2D eigenvalue weighted by Crippen LogP contribution is 2.21. The molecule has 0 spiro atoms. The Morgan fingerprint density at radius 2 is 1.68 bits per heavy atom. The highest BCUT2D eigenvalue weighted by Gasteiger charge is 2.27. The van der Waals surface area contributed by atoms with Crippen molar-refractivity contribution in [3.63, 3.8) is 0 Å². The first-order chi connectivity index (χ1) is 13.4. The lowest BCUT2D eigenvalue weighted by Gasteiger charge is -2.31. The maximum Gasteiger partial charge on any atom is 0.243 e. The number of hydrogen-bond acceptors (Lipinski definition) is 5. The molecule has 0 aliphatic carbocycles. The van der Waals surface area contributed by atoms with E-state index in [1.807, 2.05) is 25.2 Å². The van der Waals surface area contributed by atoms with Gasteiger partial charge in [0.1, 0.15) is 5.75 Å². The summed E-state index contributed by atoms with van der Waals surface area (Å²) in [5.41, 5.74) is 1.34. The maximum absolute atomic E-state index is 12.7. The molecule has 0 saturated carbocycles. The van der Waals surface area contributed by atoms with Crippen molar-refractivity contribution in [1.29, 1.82) is 0 Å². The quantitative estimate of drug-likeness (QED) is 0.796. The summed E-state index contributed by atoms with van der Waals surface area (Å²) in [7, 11) is 0.0336. The molecule has 8 heteroatoms. The molecule has 1 fully saturated rings. The molecule has 28 heavy (non-hydrogen) atoms. The average Bonchev–Trinajstić information content (AvgIpc) is 2.69. The minimum atomic E-state index is -3.51. The normalized spacial score (nSPS) is 15.9. The van der Waals surface area contributed by atoms with Crippen molar-refractivity contribution < 1.29 is 17.9 Å². The number of hydrogen-bond donors (Lipinski definition) is 1. The van der Waals surface area contributed by atoms with Crippen LogP contribution < -0.4 is 10.1 Å². The van der Waals surface area contributed by atoms with E-state index in [1.54, 1.807) is 25.3 Å². The molecule has 3 rings (SSSR count). The van der Waals surface area contributed by atoms with Gasteiger partial charge >= 0.3 is 0 Å². The first kappa shape index (κ1) is 20.3. The Kier molecular flexibility index (Phi) is 6.33. The van der Waals surface area contributed by atoms with Gasteiger partial charge in [-0.3, -0.25) is 4.79 Å². The standard InChI is InChI=1S/C20H25N3O4S/c1-22-11-13-23(14-12-22)28(25,26)18-9-7-17(8-10-18)21-20(24)15-16-5-3-4-6-19(16)27-2/h3-10H,11-15H2,1-2H3,(H,21,24). The van der Waals surface area contributed by atoms with Crippen molar-refractivity contribution in [3.05, 3.63) is 54.1 Å². The van der Waals surface area contributed by atoms with E-state index >= 15 is 0 Å². The van der Waals surface area contributed by atoms with Crippen LogP contribution in [0.3, 0.4) is 0 Å². The summed E-state index contributed by atoms with van der Waals surface area (Å²) < 4.78 is 32.3. The van der Waals surface area contributed by atoms with E-state index in [9.17, 15) is 13.2 Å². The zero-order valence-corrected chi connectivity index (χ0v) is 16.9. The number of ether oxygens (including phenoxy) is 1. The van der Waals surface area contributed by atoms with Crippen LogP contribution in [0.4, 0.5) is 5.69 Å². The van der Waals surface area contributed by atoms with Crippen LogP contribution in [0, 0.1) is 0 Å². The predicted molar refractivity (Wildman–Crippen MR) is 108 cm³/mol. The van der Waals surface area contributed by atoms with Gasteiger partial charge < -0.3 is 15.0 Å². The van der Waals surface area contributed by atoms with Crippen LogP contribution in [0.25, 0.3) is 0 Å². The van der Waals surface area contributed by atoms with Crippen LogP contribution in [-0.2, 0) is 21.2 Å². The van der Waals surface area contributed by atoms with Crippen LogP contribution >= 0.6 is 0 Å². The molecule has 150 valence electrons. The third-order valence-electron chi connectivity index (χ3n) is 4.78. The van der Waals surface area contributed by atoms with Gasteiger partial charge in [-0.1, -0.05) is 18.2 Å². The Labute approximate surface area is 166 Å². The first-order valence-electron chi connectivity index (χ1n) is 9.10. The van der Waals surface area contributed by atoms with E-state index in [0.29, 0.717) is 24.5 Å². The second-order valence-electron chi connectivity index (χ2n) is 6.77. The summed E-state index contributed by atoms with van der Waals surface area (Å²) in [6.07, 6.45) is 0.172. The highest BCUT2D eigenvalue weighted by atomic mass is 32.2. The Morgan fingerprint density at radius 3 is 2.32 bits per heavy atom. The minimum Gasteiger partial charge on any atom is -0.496 e. The van der Waals surface area contributed by atoms with Crippen molar-refractivity contribution in [2.24, 2.45) is 0 Å². The van der Waals surface area contributed by atoms with Gasteiger partial charge in [0.05, 0.1) is 18.4 Å². The smallest absolute Gasteiger partial charge is 0.243 e.